The molecule has 0 fully saturated rings. The van der Waals surface area contributed by atoms with E-state index in [0.717, 1.165) is 6.42 Å². The van der Waals surface area contributed by atoms with Gasteiger partial charge in [0, 0.05) is 25.6 Å². The summed E-state index contributed by atoms with van der Waals surface area (Å²) in [6.45, 7) is 5.58. The maximum atomic E-state index is 13.8. The van der Waals surface area contributed by atoms with E-state index in [-0.39, 0.29) is 18.1 Å². The van der Waals surface area contributed by atoms with Gasteiger partial charge in [0.15, 0.2) is 0 Å². The van der Waals surface area contributed by atoms with E-state index in [1.807, 2.05) is 0 Å². The number of methoxy groups -OCH3 is 1. The summed E-state index contributed by atoms with van der Waals surface area (Å²) in [4.78, 5) is 30.6. The quantitative estimate of drug-likeness (QED) is 0.611. The number of nitrogens with one attached hydrogen (secondary N) is 2. The maximum Gasteiger partial charge on any atom is 0.322 e. The lowest BCUT2D eigenvalue weighted by atomic mass is 10.1. The van der Waals surface area contributed by atoms with Crippen molar-refractivity contribution in [3.8, 4) is 0 Å². The maximum absolute atomic E-state index is 13.8. The highest BCUT2D eigenvalue weighted by Gasteiger charge is 2.18. The predicted octanol–water partition coefficient (Wildman–Crippen LogP) is 3.74. The van der Waals surface area contributed by atoms with Crippen molar-refractivity contribution in [1.29, 1.82) is 0 Å². The number of hydrogen-bond donors (Lipinski definition) is 2. The van der Waals surface area contributed by atoms with E-state index >= 15 is 0 Å². The number of benzene rings is 1. The van der Waals surface area contributed by atoms with Gasteiger partial charge in [-0.3, -0.25) is 4.79 Å². The van der Waals surface area contributed by atoms with Crippen molar-refractivity contribution in [2.75, 3.05) is 32.1 Å². The van der Waals surface area contributed by atoms with E-state index < -0.39 is 11.8 Å². The van der Waals surface area contributed by atoms with Crippen LogP contribution in [0.2, 0.25) is 0 Å². The first-order chi connectivity index (χ1) is 13.9. The molecular weight excluding hydrogens is 395 g/mol. The Morgan fingerprint density at radius 3 is 2.76 bits per heavy atom. The van der Waals surface area contributed by atoms with Crippen LogP contribution < -0.4 is 10.6 Å². The minimum absolute atomic E-state index is 0.101. The number of anilines is 1. The SMILES string of the molecule is COCCN(Cc1nc(C(=O)NCCC(C)C)cs1)C(=O)Nc1ccccc1F. The van der Waals surface area contributed by atoms with Gasteiger partial charge in [0.05, 0.1) is 18.8 Å². The fourth-order valence-corrected chi connectivity index (χ4v) is 3.22. The lowest BCUT2D eigenvalue weighted by Gasteiger charge is -2.22. The van der Waals surface area contributed by atoms with Crippen molar-refractivity contribution in [3.05, 3.63) is 46.2 Å². The van der Waals surface area contributed by atoms with Crippen LogP contribution in [0.25, 0.3) is 0 Å². The molecule has 29 heavy (non-hydrogen) atoms. The number of amides is 3. The summed E-state index contributed by atoms with van der Waals surface area (Å²) in [5.41, 5.74) is 0.430. The minimum Gasteiger partial charge on any atom is -0.383 e. The van der Waals surface area contributed by atoms with Gasteiger partial charge in [-0.25, -0.2) is 14.2 Å². The van der Waals surface area contributed by atoms with E-state index in [2.05, 4.69) is 29.5 Å². The first-order valence-electron chi connectivity index (χ1n) is 9.42. The molecule has 3 amide bonds. The molecule has 0 unspecified atom stereocenters. The van der Waals surface area contributed by atoms with Gasteiger partial charge in [0.1, 0.15) is 16.5 Å². The minimum atomic E-state index is -0.512. The van der Waals surface area contributed by atoms with Crippen molar-refractivity contribution in [2.24, 2.45) is 5.92 Å². The van der Waals surface area contributed by atoms with Crippen molar-refractivity contribution >= 4 is 29.0 Å². The number of halogens is 1. The molecule has 0 radical (unpaired) electrons. The third kappa shape index (κ3) is 7.43. The number of carbonyl (C=O) groups excluding carboxylic acids is 2. The summed E-state index contributed by atoms with van der Waals surface area (Å²) in [5.74, 6) is -0.238. The molecule has 1 heterocycles. The molecule has 0 bridgehead atoms. The Morgan fingerprint density at radius 1 is 1.31 bits per heavy atom. The molecule has 7 nitrogen and oxygen atoms in total. The third-order valence-corrected chi connectivity index (χ3v) is 4.92. The molecule has 0 aliphatic heterocycles. The molecule has 1 aromatic heterocycles. The molecule has 9 heteroatoms. The molecular formula is C20H27FN4O3S. The fraction of sp³-hybridized carbons (Fsp3) is 0.450. The number of hydrogen-bond acceptors (Lipinski definition) is 5. The Bertz CT molecular complexity index is 813. The molecule has 158 valence electrons. The molecule has 1 aromatic carbocycles. The molecule has 2 rings (SSSR count). The number of aromatic nitrogens is 1. The van der Waals surface area contributed by atoms with Gasteiger partial charge in [0.25, 0.3) is 5.91 Å². The highest BCUT2D eigenvalue weighted by atomic mass is 32.1. The summed E-state index contributed by atoms with van der Waals surface area (Å²) >= 11 is 1.30. The molecule has 2 N–H and O–H groups in total. The van der Waals surface area contributed by atoms with Gasteiger partial charge < -0.3 is 20.3 Å². The molecule has 0 saturated carbocycles. The average molecular weight is 423 g/mol. The van der Waals surface area contributed by atoms with Gasteiger partial charge in [-0.05, 0) is 24.5 Å². The first-order valence-corrected chi connectivity index (χ1v) is 10.3. The summed E-state index contributed by atoms with van der Waals surface area (Å²) in [7, 11) is 1.54. The number of carbonyl (C=O) groups is 2. The van der Waals surface area contributed by atoms with E-state index in [9.17, 15) is 14.0 Å². The second-order valence-corrected chi connectivity index (χ2v) is 7.83. The van der Waals surface area contributed by atoms with Gasteiger partial charge in [-0.1, -0.05) is 26.0 Å². The number of rotatable bonds is 10. The lowest BCUT2D eigenvalue weighted by molar-refractivity contribution is 0.0947. The van der Waals surface area contributed by atoms with E-state index in [1.54, 1.807) is 17.5 Å². The Hall–Kier alpha value is -2.52. The van der Waals surface area contributed by atoms with Crippen LogP contribution in [0, 0.1) is 11.7 Å². The van der Waals surface area contributed by atoms with E-state index in [4.69, 9.17) is 4.74 Å². The Kier molecular flexibility index (Phi) is 9.01. The van der Waals surface area contributed by atoms with Crippen molar-refractivity contribution in [1.82, 2.24) is 15.2 Å². The van der Waals surface area contributed by atoms with Crippen LogP contribution in [0.3, 0.4) is 0 Å². The van der Waals surface area contributed by atoms with Gasteiger partial charge >= 0.3 is 6.03 Å². The highest BCUT2D eigenvalue weighted by Crippen LogP contribution is 2.16. The normalized spacial score (nSPS) is 10.8. The molecule has 2 aromatic rings. The van der Waals surface area contributed by atoms with Gasteiger partial charge in [-0.2, -0.15) is 0 Å². The highest BCUT2D eigenvalue weighted by molar-refractivity contribution is 7.09. The van der Waals surface area contributed by atoms with Crippen LogP contribution in [0.4, 0.5) is 14.9 Å². The number of nitrogens with zero attached hydrogens (tertiary/aromatic N) is 2. The Labute approximate surface area is 174 Å². The van der Waals surface area contributed by atoms with Crippen molar-refractivity contribution in [3.63, 3.8) is 0 Å². The second-order valence-electron chi connectivity index (χ2n) is 6.89. The van der Waals surface area contributed by atoms with Crippen LogP contribution in [-0.2, 0) is 11.3 Å². The molecule has 0 atom stereocenters. The summed E-state index contributed by atoms with van der Waals surface area (Å²) in [6.07, 6.45) is 0.893. The summed E-state index contributed by atoms with van der Waals surface area (Å²) in [6, 6.07) is 5.50. The number of para-hydroxylation sites is 1. The largest absolute Gasteiger partial charge is 0.383 e. The van der Waals surface area contributed by atoms with Crippen LogP contribution in [0.1, 0.15) is 35.8 Å². The third-order valence-electron chi connectivity index (χ3n) is 4.09. The first kappa shape index (κ1) is 22.8. The Balaban J connectivity index is 2.00. The van der Waals surface area contributed by atoms with Gasteiger partial charge in [0.2, 0.25) is 0 Å². The lowest BCUT2D eigenvalue weighted by Crippen LogP contribution is -2.37. The smallest absolute Gasteiger partial charge is 0.322 e. The summed E-state index contributed by atoms with van der Waals surface area (Å²) in [5, 5.41) is 7.68. The van der Waals surface area contributed by atoms with Crippen LogP contribution in [0.5, 0.6) is 0 Å². The standard InChI is InChI=1S/C20H27FN4O3S/c1-14(2)8-9-22-19(26)17-13-29-18(23-17)12-25(10-11-28-3)20(27)24-16-7-5-4-6-15(16)21/h4-7,13-14H,8-12H2,1-3H3,(H,22,26)(H,24,27). The zero-order valence-electron chi connectivity index (χ0n) is 16.9. The molecule has 0 saturated heterocycles. The zero-order valence-corrected chi connectivity index (χ0v) is 17.7. The molecule has 0 aliphatic rings. The second kappa shape index (κ2) is 11.5. The number of ether oxygens (including phenoxy) is 1. The number of urea groups is 1. The van der Waals surface area contributed by atoms with Crippen molar-refractivity contribution < 1.29 is 18.7 Å². The van der Waals surface area contributed by atoms with Crippen molar-refractivity contribution in [2.45, 2.75) is 26.8 Å². The predicted molar refractivity (Wildman–Crippen MR) is 112 cm³/mol. The fourth-order valence-electron chi connectivity index (χ4n) is 2.43. The topological polar surface area (TPSA) is 83.6 Å². The monoisotopic (exact) mass is 422 g/mol. The van der Waals surface area contributed by atoms with Crippen LogP contribution >= 0.6 is 11.3 Å². The molecule has 0 spiro atoms. The van der Waals surface area contributed by atoms with E-state index in [0.29, 0.717) is 36.3 Å². The average Bonchev–Trinajstić information content (AvgIpc) is 3.15. The Morgan fingerprint density at radius 2 is 2.07 bits per heavy atom. The zero-order chi connectivity index (χ0) is 21.2. The van der Waals surface area contributed by atoms with Gasteiger partial charge in [-0.15, -0.1) is 11.3 Å². The van der Waals surface area contributed by atoms with Crippen LogP contribution in [-0.4, -0.2) is 48.6 Å². The van der Waals surface area contributed by atoms with Crippen LogP contribution in [0.15, 0.2) is 29.6 Å². The summed E-state index contributed by atoms with van der Waals surface area (Å²) < 4.78 is 18.9. The molecule has 0 aliphatic carbocycles. The number of thiazole rings is 1. The van der Waals surface area contributed by atoms with E-state index in [1.165, 1.54) is 35.5 Å².